The molecule has 2 amide bonds. The maximum absolute atomic E-state index is 12.2. The summed E-state index contributed by atoms with van der Waals surface area (Å²) < 4.78 is 5.13. The van der Waals surface area contributed by atoms with E-state index in [9.17, 15) is 9.59 Å². The first kappa shape index (κ1) is 15.1. The number of aromatic nitrogens is 1. The van der Waals surface area contributed by atoms with Crippen LogP contribution in [-0.4, -0.2) is 41.0 Å². The predicted molar refractivity (Wildman–Crippen MR) is 80.1 cm³/mol. The molecule has 0 bridgehead atoms. The molecular formula is C16H23N3O3. The highest BCUT2D eigenvalue weighted by molar-refractivity contribution is 5.89. The van der Waals surface area contributed by atoms with Crippen LogP contribution in [0.4, 0.5) is 0 Å². The van der Waals surface area contributed by atoms with Gasteiger partial charge in [-0.3, -0.25) is 9.59 Å². The lowest BCUT2D eigenvalue weighted by Crippen LogP contribution is -2.34. The Morgan fingerprint density at radius 2 is 2.18 bits per heavy atom. The molecule has 1 saturated carbocycles. The van der Waals surface area contributed by atoms with Crippen LogP contribution in [-0.2, 0) is 16.0 Å². The molecule has 1 atom stereocenters. The Kier molecular flexibility index (Phi) is 4.18. The molecular weight excluding hydrogens is 282 g/mol. The lowest BCUT2D eigenvalue weighted by Gasteiger charge is -2.15. The van der Waals surface area contributed by atoms with Gasteiger partial charge in [0.05, 0.1) is 11.6 Å². The molecule has 0 spiro atoms. The van der Waals surface area contributed by atoms with Crippen molar-refractivity contribution in [1.29, 1.82) is 0 Å². The lowest BCUT2D eigenvalue weighted by molar-refractivity contribution is -0.129. The van der Waals surface area contributed by atoms with Crippen LogP contribution in [0.3, 0.4) is 0 Å². The number of carbonyl (C=O) groups is 2. The van der Waals surface area contributed by atoms with Gasteiger partial charge in [0.2, 0.25) is 11.8 Å². The van der Waals surface area contributed by atoms with Crippen LogP contribution < -0.4 is 5.32 Å². The average molecular weight is 305 g/mol. The van der Waals surface area contributed by atoms with Crippen molar-refractivity contribution in [3.63, 3.8) is 0 Å². The summed E-state index contributed by atoms with van der Waals surface area (Å²) in [7, 11) is 0. The Balaban J connectivity index is 1.40. The highest BCUT2D eigenvalue weighted by Crippen LogP contribution is 2.32. The number of nitrogens with one attached hydrogen (secondary N) is 1. The molecule has 6 nitrogen and oxygen atoms in total. The van der Waals surface area contributed by atoms with Crippen molar-refractivity contribution in [2.45, 2.75) is 52.0 Å². The quantitative estimate of drug-likeness (QED) is 0.805. The molecule has 3 rings (SSSR count). The summed E-state index contributed by atoms with van der Waals surface area (Å²) >= 11 is 0. The van der Waals surface area contributed by atoms with Crippen LogP contribution in [0.1, 0.15) is 42.7 Å². The van der Waals surface area contributed by atoms with E-state index in [2.05, 4.69) is 10.5 Å². The van der Waals surface area contributed by atoms with Gasteiger partial charge >= 0.3 is 0 Å². The van der Waals surface area contributed by atoms with Crippen LogP contribution in [0.5, 0.6) is 0 Å². The Morgan fingerprint density at radius 3 is 2.82 bits per heavy atom. The van der Waals surface area contributed by atoms with Gasteiger partial charge in [0.15, 0.2) is 0 Å². The molecule has 1 saturated heterocycles. The van der Waals surface area contributed by atoms with Crippen molar-refractivity contribution >= 4 is 11.8 Å². The number of aryl methyl sites for hydroxylation is 2. The maximum Gasteiger partial charge on any atom is 0.225 e. The van der Waals surface area contributed by atoms with Crippen LogP contribution in [0.15, 0.2) is 4.52 Å². The molecule has 2 aliphatic rings. The Hall–Kier alpha value is -1.85. The summed E-state index contributed by atoms with van der Waals surface area (Å²) in [5.41, 5.74) is 2.05. The molecule has 120 valence electrons. The maximum atomic E-state index is 12.2. The van der Waals surface area contributed by atoms with Crippen LogP contribution >= 0.6 is 0 Å². The van der Waals surface area contributed by atoms with E-state index in [1.807, 2.05) is 18.7 Å². The third-order valence-electron chi connectivity index (χ3n) is 4.60. The highest BCUT2D eigenvalue weighted by Gasteiger charge is 2.41. The average Bonchev–Trinajstić information content (AvgIpc) is 3.19. The summed E-state index contributed by atoms with van der Waals surface area (Å²) in [5, 5.41) is 6.88. The minimum absolute atomic E-state index is 0.00950. The second kappa shape index (κ2) is 6.10. The number of hydrogen-bond donors (Lipinski definition) is 1. The SMILES string of the molecule is Cc1noc(C)c1CCCNC(=O)C1CC(=O)N(C2CC2)C1. The minimum Gasteiger partial charge on any atom is -0.361 e. The molecule has 0 aromatic carbocycles. The molecule has 1 aliphatic heterocycles. The molecule has 1 aromatic heterocycles. The van der Waals surface area contributed by atoms with Gasteiger partial charge < -0.3 is 14.7 Å². The van der Waals surface area contributed by atoms with Crippen molar-refractivity contribution in [2.75, 3.05) is 13.1 Å². The van der Waals surface area contributed by atoms with E-state index in [0.717, 1.165) is 42.7 Å². The first-order valence-corrected chi connectivity index (χ1v) is 8.05. The Labute approximate surface area is 130 Å². The van der Waals surface area contributed by atoms with Gasteiger partial charge in [-0.25, -0.2) is 0 Å². The molecule has 22 heavy (non-hydrogen) atoms. The number of amides is 2. The van der Waals surface area contributed by atoms with E-state index in [4.69, 9.17) is 4.52 Å². The zero-order valence-corrected chi connectivity index (χ0v) is 13.2. The zero-order valence-electron chi connectivity index (χ0n) is 13.2. The van der Waals surface area contributed by atoms with E-state index in [-0.39, 0.29) is 17.7 Å². The van der Waals surface area contributed by atoms with Crippen LogP contribution in [0.2, 0.25) is 0 Å². The van der Waals surface area contributed by atoms with Crippen LogP contribution in [0, 0.1) is 19.8 Å². The number of likely N-dealkylation sites (tertiary alicyclic amines) is 1. The van der Waals surface area contributed by atoms with Gasteiger partial charge in [-0.15, -0.1) is 0 Å². The van der Waals surface area contributed by atoms with Gasteiger partial charge in [0.1, 0.15) is 5.76 Å². The van der Waals surface area contributed by atoms with Crippen molar-refractivity contribution in [3.05, 3.63) is 17.0 Å². The lowest BCUT2D eigenvalue weighted by atomic mass is 10.1. The van der Waals surface area contributed by atoms with E-state index < -0.39 is 0 Å². The summed E-state index contributed by atoms with van der Waals surface area (Å²) in [6.45, 7) is 5.06. The summed E-state index contributed by atoms with van der Waals surface area (Å²) in [5.74, 6) is 0.825. The van der Waals surface area contributed by atoms with Crippen LogP contribution in [0.25, 0.3) is 0 Å². The predicted octanol–water partition coefficient (Wildman–Crippen LogP) is 1.35. The second-order valence-electron chi connectivity index (χ2n) is 6.38. The van der Waals surface area contributed by atoms with E-state index >= 15 is 0 Å². The fourth-order valence-electron chi connectivity index (χ4n) is 3.13. The fourth-order valence-corrected chi connectivity index (χ4v) is 3.13. The van der Waals surface area contributed by atoms with Gasteiger partial charge in [-0.2, -0.15) is 0 Å². The monoisotopic (exact) mass is 305 g/mol. The highest BCUT2D eigenvalue weighted by atomic mass is 16.5. The van der Waals surface area contributed by atoms with E-state index in [1.54, 1.807) is 0 Å². The van der Waals surface area contributed by atoms with E-state index in [0.29, 0.717) is 25.6 Å². The third kappa shape index (κ3) is 3.15. The molecule has 2 heterocycles. The standard InChI is InChI=1S/C16H23N3O3/c1-10-14(11(2)22-18-10)4-3-7-17-16(21)12-8-15(20)19(9-12)13-5-6-13/h12-13H,3-9H2,1-2H3,(H,17,21). The first-order chi connectivity index (χ1) is 10.6. The number of rotatable bonds is 6. The van der Waals surface area contributed by atoms with Crippen molar-refractivity contribution < 1.29 is 14.1 Å². The topological polar surface area (TPSA) is 75.4 Å². The fraction of sp³-hybridized carbons (Fsp3) is 0.688. The Morgan fingerprint density at radius 1 is 1.41 bits per heavy atom. The molecule has 1 N–H and O–H groups in total. The number of nitrogens with zero attached hydrogens (tertiary/aromatic N) is 2. The zero-order chi connectivity index (χ0) is 15.7. The second-order valence-corrected chi connectivity index (χ2v) is 6.38. The largest absolute Gasteiger partial charge is 0.361 e. The number of carbonyl (C=O) groups excluding carboxylic acids is 2. The molecule has 1 unspecified atom stereocenters. The van der Waals surface area contributed by atoms with E-state index in [1.165, 1.54) is 0 Å². The molecule has 0 radical (unpaired) electrons. The minimum atomic E-state index is -0.174. The molecule has 6 heteroatoms. The Bertz CT molecular complexity index is 558. The van der Waals surface area contributed by atoms with Gasteiger partial charge in [0.25, 0.3) is 0 Å². The molecule has 2 fully saturated rings. The third-order valence-corrected chi connectivity index (χ3v) is 4.60. The van der Waals surface area contributed by atoms with Gasteiger partial charge in [-0.1, -0.05) is 5.16 Å². The van der Waals surface area contributed by atoms with Gasteiger partial charge in [0, 0.05) is 31.1 Å². The summed E-state index contributed by atoms with van der Waals surface area (Å²) in [4.78, 5) is 25.9. The molecule has 1 aliphatic carbocycles. The van der Waals surface area contributed by atoms with Crippen molar-refractivity contribution in [1.82, 2.24) is 15.4 Å². The summed E-state index contributed by atoms with van der Waals surface area (Å²) in [6, 6.07) is 0.407. The summed E-state index contributed by atoms with van der Waals surface area (Å²) in [6.07, 6.45) is 4.25. The first-order valence-electron chi connectivity index (χ1n) is 8.05. The number of hydrogen-bond acceptors (Lipinski definition) is 4. The van der Waals surface area contributed by atoms with Crippen molar-refractivity contribution in [2.24, 2.45) is 5.92 Å². The van der Waals surface area contributed by atoms with Gasteiger partial charge in [-0.05, 0) is 39.5 Å². The molecule has 1 aromatic rings. The normalized spacial score (nSPS) is 21.5. The smallest absolute Gasteiger partial charge is 0.225 e. The van der Waals surface area contributed by atoms with Crippen molar-refractivity contribution in [3.8, 4) is 0 Å².